The third-order valence-electron chi connectivity index (χ3n) is 6.87. The molecule has 0 saturated heterocycles. The van der Waals surface area contributed by atoms with Crippen LogP contribution in [0.4, 0.5) is 17.1 Å². The van der Waals surface area contributed by atoms with Gasteiger partial charge in [-0.1, -0.05) is 60.7 Å². The van der Waals surface area contributed by atoms with E-state index in [1.165, 1.54) is 0 Å². The molecule has 0 unspecified atom stereocenters. The number of rotatable bonds is 3. The molecule has 2 heterocycles. The summed E-state index contributed by atoms with van der Waals surface area (Å²) in [4.78, 5) is 29.8. The summed E-state index contributed by atoms with van der Waals surface area (Å²) < 4.78 is 2.07. The Morgan fingerprint density at radius 1 is 0.444 bits per heavy atom. The lowest BCUT2D eigenvalue weighted by Gasteiger charge is -2.26. The van der Waals surface area contributed by atoms with Crippen molar-refractivity contribution < 1.29 is 0 Å². The van der Waals surface area contributed by atoms with Gasteiger partial charge in [-0.2, -0.15) is 0 Å². The summed E-state index contributed by atoms with van der Waals surface area (Å²) in [5.41, 5.74) is 4.76. The fourth-order valence-electron chi connectivity index (χ4n) is 5.32. The molecular weight excluding hydrogens is 444 g/mol. The van der Waals surface area contributed by atoms with E-state index in [9.17, 15) is 9.59 Å². The molecule has 0 amide bonds. The number of pyridine rings is 2. The maximum atomic E-state index is 13.9. The van der Waals surface area contributed by atoms with Crippen LogP contribution in [0.25, 0.3) is 38.1 Å². The zero-order chi connectivity index (χ0) is 24.2. The van der Waals surface area contributed by atoms with Gasteiger partial charge in [0.15, 0.2) is 10.9 Å². The number of benzene rings is 5. The van der Waals surface area contributed by atoms with Crippen LogP contribution < -0.4 is 15.8 Å². The molecule has 0 aliphatic heterocycles. The SMILES string of the molecule is O=c1c2ccccc2n2c3ccccc3c(=O)c3cc(N(c4ccccc4)c4ccccc4)cc1c32. The monoisotopic (exact) mass is 464 g/mol. The van der Waals surface area contributed by atoms with E-state index >= 15 is 0 Å². The van der Waals surface area contributed by atoms with Crippen molar-refractivity contribution >= 4 is 55.2 Å². The molecule has 0 fully saturated rings. The van der Waals surface area contributed by atoms with Gasteiger partial charge in [0, 0.05) is 38.6 Å². The number of hydrogen-bond acceptors (Lipinski definition) is 3. The highest BCUT2D eigenvalue weighted by Gasteiger charge is 2.20. The Balaban J connectivity index is 1.70. The molecule has 5 aromatic carbocycles. The van der Waals surface area contributed by atoms with E-state index in [4.69, 9.17) is 0 Å². The third kappa shape index (κ3) is 2.88. The van der Waals surface area contributed by atoms with E-state index in [2.05, 4.69) is 9.30 Å². The van der Waals surface area contributed by atoms with Crippen LogP contribution in [0, 0.1) is 0 Å². The minimum atomic E-state index is -0.0757. The molecule has 0 aliphatic rings. The van der Waals surface area contributed by atoms with Gasteiger partial charge in [0.25, 0.3) is 0 Å². The van der Waals surface area contributed by atoms with Gasteiger partial charge in [-0.15, -0.1) is 0 Å². The highest BCUT2D eigenvalue weighted by atomic mass is 16.1. The molecule has 4 heteroatoms. The summed E-state index contributed by atoms with van der Waals surface area (Å²) in [6.45, 7) is 0. The van der Waals surface area contributed by atoms with Gasteiger partial charge in [0.2, 0.25) is 0 Å². The molecule has 170 valence electrons. The Morgan fingerprint density at radius 3 is 1.33 bits per heavy atom. The van der Waals surface area contributed by atoms with Gasteiger partial charge in [-0.05, 0) is 60.7 Å². The first-order valence-electron chi connectivity index (χ1n) is 11.9. The zero-order valence-electron chi connectivity index (χ0n) is 19.3. The van der Waals surface area contributed by atoms with E-state index in [1.807, 2.05) is 121 Å². The third-order valence-corrected chi connectivity index (χ3v) is 6.87. The van der Waals surface area contributed by atoms with Crippen LogP contribution in [-0.4, -0.2) is 4.40 Å². The lowest BCUT2D eigenvalue weighted by atomic mass is 10.0. The second-order valence-corrected chi connectivity index (χ2v) is 8.92. The number of aromatic nitrogens is 1. The minimum Gasteiger partial charge on any atom is -0.310 e. The summed E-state index contributed by atoms with van der Waals surface area (Å²) in [5.74, 6) is 0. The van der Waals surface area contributed by atoms with Crippen molar-refractivity contribution in [3.05, 3.63) is 142 Å². The first kappa shape index (κ1) is 20.4. The van der Waals surface area contributed by atoms with E-state index < -0.39 is 0 Å². The lowest BCUT2D eigenvalue weighted by molar-refractivity contribution is 1.27. The largest absolute Gasteiger partial charge is 0.310 e. The minimum absolute atomic E-state index is 0.0757. The molecular formula is C32H20N2O2. The van der Waals surface area contributed by atoms with Crippen LogP contribution in [0.15, 0.2) is 131 Å². The summed E-state index contributed by atoms with van der Waals surface area (Å²) >= 11 is 0. The summed E-state index contributed by atoms with van der Waals surface area (Å²) in [6.07, 6.45) is 0. The van der Waals surface area contributed by atoms with Crippen LogP contribution in [0.5, 0.6) is 0 Å². The van der Waals surface area contributed by atoms with Gasteiger partial charge in [-0.3, -0.25) is 9.59 Å². The van der Waals surface area contributed by atoms with E-state index in [1.54, 1.807) is 0 Å². The molecule has 0 spiro atoms. The number of para-hydroxylation sites is 4. The maximum Gasteiger partial charge on any atom is 0.197 e. The molecule has 7 rings (SSSR count). The quantitative estimate of drug-likeness (QED) is 0.208. The number of fused-ring (bicyclic) bond motifs is 4. The maximum absolute atomic E-state index is 13.9. The molecule has 0 radical (unpaired) electrons. The van der Waals surface area contributed by atoms with Crippen molar-refractivity contribution in [3.8, 4) is 0 Å². The van der Waals surface area contributed by atoms with E-state index in [0.717, 1.165) is 28.1 Å². The van der Waals surface area contributed by atoms with Crippen LogP contribution >= 0.6 is 0 Å². The van der Waals surface area contributed by atoms with Gasteiger partial charge in [0.05, 0.1) is 16.6 Å². The molecule has 2 aromatic heterocycles. The van der Waals surface area contributed by atoms with Crippen molar-refractivity contribution in [2.45, 2.75) is 0 Å². The summed E-state index contributed by atoms with van der Waals surface area (Å²) in [7, 11) is 0. The molecule has 7 aromatic rings. The molecule has 36 heavy (non-hydrogen) atoms. The summed E-state index contributed by atoms with van der Waals surface area (Å²) in [6, 6.07) is 39.1. The fraction of sp³-hybridized carbons (Fsp3) is 0. The Bertz CT molecular complexity index is 1890. The topological polar surface area (TPSA) is 41.8 Å². The normalized spacial score (nSPS) is 11.6. The van der Waals surface area contributed by atoms with Crippen LogP contribution in [0.2, 0.25) is 0 Å². The Morgan fingerprint density at radius 2 is 0.861 bits per heavy atom. The number of anilines is 3. The average molecular weight is 465 g/mol. The second kappa shape index (κ2) is 7.79. The molecule has 4 nitrogen and oxygen atoms in total. The fourth-order valence-corrected chi connectivity index (χ4v) is 5.32. The van der Waals surface area contributed by atoms with E-state index in [-0.39, 0.29) is 10.9 Å². The number of nitrogens with zero attached hydrogens (tertiary/aromatic N) is 2. The van der Waals surface area contributed by atoms with E-state index in [0.29, 0.717) is 27.1 Å². The first-order valence-corrected chi connectivity index (χ1v) is 11.9. The lowest BCUT2D eigenvalue weighted by Crippen LogP contribution is -2.16. The second-order valence-electron chi connectivity index (χ2n) is 8.92. The molecule has 0 atom stereocenters. The predicted octanol–water partition coefficient (Wildman–Crippen LogP) is 7.03. The van der Waals surface area contributed by atoms with Crippen molar-refractivity contribution in [1.82, 2.24) is 4.40 Å². The van der Waals surface area contributed by atoms with Crippen molar-refractivity contribution in [2.24, 2.45) is 0 Å². The zero-order valence-corrected chi connectivity index (χ0v) is 19.3. The predicted molar refractivity (Wildman–Crippen MR) is 148 cm³/mol. The average Bonchev–Trinajstić information content (AvgIpc) is 2.94. The highest BCUT2D eigenvalue weighted by molar-refractivity contribution is 6.09. The Labute approximate surface area is 206 Å². The number of hydrogen-bond donors (Lipinski definition) is 0. The van der Waals surface area contributed by atoms with Gasteiger partial charge >= 0.3 is 0 Å². The van der Waals surface area contributed by atoms with Crippen molar-refractivity contribution in [1.29, 1.82) is 0 Å². The molecule has 0 aliphatic carbocycles. The summed E-state index contributed by atoms with van der Waals surface area (Å²) in [5, 5.41) is 2.31. The van der Waals surface area contributed by atoms with Crippen molar-refractivity contribution in [2.75, 3.05) is 4.90 Å². The van der Waals surface area contributed by atoms with Crippen LogP contribution in [-0.2, 0) is 0 Å². The smallest absolute Gasteiger partial charge is 0.197 e. The Kier molecular flexibility index (Phi) is 4.42. The van der Waals surface area contributed by atoms with Crippen LogP contribution in [0.3, 0.4) is 0 Å². The van der Waals surface area contributed by atoms with Crippen molar-refractivity contribution in [3.63, 3.8) is 0 Å². The standard InChI is InChI=1S/C32H20N2O2/c35-31-24-15-7-9-17-28(24)34-29-18-10-8-16-25(29)32(36)27-20-23(19-26(31)30(27)34)33(21-11-3-1-4-12-21)22-13-5-2-6-14-22/h1-20H. The van der Waals surface area contributed by atoms with Gasteiger partial charge < -0.3 is 9.30 Å². The molecule has 0 saturated carbocycles. The first-order chi connectivity index (χ1) is 17.7. The molecule has 0 N–H and O–H groups in total. The van der Waals surface area contributed by atoms with Gasteiger partial charge in [-0.25, -0.2) is 0 Å². The Hall–Kier alpha value is -4.96. The van der Waals surface area contributed by atoms with Crippen LogP contribution in [0.1, 0.15) is 0 Å². The highest BCUT2D eigenvalue weighted by Crippen LogP contribution is 2.37. The molecule has 0 bridgehead atoms. The van der Waals surface area contributed by atoms with Gasteiger partial charge in [0.1, 0.15) is 0 Å².